The smallest absolute Gasteiger partial charge is 0.273 e. The summed E-state index contributed by atoms with van der Waals surface area (Å²) >= 11 is 0. The summed E-state index contributed by atoms with van der Waals surface area (Å²) in [5.41, 5.74) is 2.63. The van der Waals surface area contributed by atoms with Crippen LogP contribution in [0.1, 0.15) is 42.2 Å². The van der Waals surface area contributed by atoms with Gasteiger partial charge in [-0.15, -0.1) is 0 Å². The van der Waals surface area contributed by atoms with Crippen LogP contribution in [0.15, 0.2) is 53.4 Å². The number of H-pyrrole nitrogens is 1. The van der Waals surface area contributed by atoms with Crippen molar-refractivity contribution in [3.63, 3.8) is 0 Å². The molecule has 4 rings (SSSR count). The van der Waals surface area contributed by atoms with Crippen molar-refractivity contribution in [1.82, 2.24) is 14.5 Å². The fraction of sp³-hybridized carbons (Fsp3) is 0.304. The van der Waals surface area contributed by atoms with E-state index in [2.05, 4.69) is 15.5 Å². The van der Waals surface area contributed by atoms with E-state index in [1.807, 2.05) is 13.8 Å². The van der Waals surface area contributed by atoms with Crippen molar-refractivity contribution >= 4 is 21.6 Å². The number of aromatic hydroxyl groups is 1. The van der Waals surface area contributed by atoms with Crippen LogP contribution in [0.4, 0.5) is 5.69 Å². The molecule has 1 fully saturated rings. The molecule has 0 radical (unpaired) electrons. The van der Waals surface area contributed by atoms with Gasteiger partial charge in [-0.1, -0.05) is 18.1 Å². The first kappa shape index (κ1) is 22.0. The Bertz CT molecular complexity index is 1240. The molecule has 0 bridgehead atoms. The molecule has 2 heterocycles. The third kappa shape index (κ3) is 4.39. The Morgan fingerprint density at radius 2 is 1.91 bits per heavy atom. The Morgan fingerprint density at radius 3 is 2.62 bits per heavy atom. The molecule has 1 atom stereocenters. The third-order valence-corrected chi connectivity index (χ3v) is 7.74. The molecule has 1 saturated heterocycles. The first-order chi connectivity index (χ1) is 15.3. The van der Waals surface area contributed by atoms with Crippen LogP contribution < -0.4 is 5.32 Å². The van der Waals surface area contributed by atoms with E-state index < -0.39 is 15.9 Å². The highest BCUT2D eigenvalue weighted by molar-refractivity contribution is 7.89. The van der Waals surface area contributed by atoms with Crippen LogP contribution in [0, 0.1) is 6.92 Å². The van der Waals surface area contributed by atoms with E-state index in [9.17, 15) is 18.3 Å². The number of phenols is 1. The van der Waals surface area contributed by atoms with Gasteiger partial charge in [-0.25, -0.2) is 8.42 Å². The minimum Gasteiger partial charge on any atom is -0.507 e. The molecule has 168 valence electrons. The van der Waals surface area contributed by atoms with Gasteiger partial charge in [0.15, 0.2) is 0 Å². The number of anilines is 1. The Morgan fingerprint density at radius 1 is 1.16 bits per heavy atom. The number of amides is 1. The third-order valence-electron chi connectivity index (χ3n) is 5.71. The molecular weight excluding hydrogens is 428 g/mol. The molecule has 2 aromatic carbocycles. The van der Waals surface area contributed by atoms with E-state index in [0.29, 0.717) is 23.5 Å². The summed E-state index contributed by atoms with van der Waals surface area (Å²) in [7, 11) is -3.56. The van der Waals surface area contributed by atoms with E-state index in [1.54, 1.807) is 40.7 Å². The highest BCUT2D eigenvalue weighted by Crippen LogP contribution is 2.29. The van der Waals surface area contributed by atoms with E-state index in [-0.39, 0.29) is 22.4 Å². The van der Waals surface area contributed by atoms with Crippen molar-refractivity contribution in [2.45, 2.75) is 44.0 Å². The van der Waals surface area contributed by atoms with Crippen LogP contribution in [-0.2, 0) is 10.0 Å². The number of aryl methyl sites for hydroxylation is 1. The van der Waals surface area contributed by atoms with Crippen LogP contribution in [0.25, 0.3) is 11.3 Å². The number of hydrogen-bond donors (Lipinski definition) is 3. The van der Waals surface area contributed by atoms with Crippen molar-refractivity contribution in [3.8, 4) is 17.0 Å². The van der Waals surface area contributed by atoms with Crippen molar-refractivity contribution in [1.29, 1.82) is 0 Å². The average molecular weight is 455 g/mol. The number of aromatic amines is 1. The number of sulfonamides is 1. The van der Waals surface area contributed by atoms with Crippen LogP contribution in [0.5, 0.6) is 5.75 Å². The maximum atomic E-state index is 12.9. The number of benzene rings is 2. The molecule has 3 aromatic rings. The van der Waals surface area contributed by atoms with Crippen molar-refractivity contribution in [2.75, 3.05) is 11.9 Å². The number of nitrogens with one attached hydrogen (secondary N) is 2. The maximum Gasteiger partial charge on any atom is 0.273 e. The zero-order valence-electron chi connectivity index (χ0n) is 18.0. The number of nitrogens with zero attached hydrogens (tertiary/aromatic N) is 2. The number of hydrogen-bond acceptors (Lipinski definition) is 5. The lowest BCUT2D eigenvalue weighted by molar-refractivity contribution is 0.102. The Kier molecular flexibility index (Phi) is 6.03. The van der Waals surface area contributed by atoms with E-state index in [4.69, 9.17) is 0 Å². The largest absolute Gasteiger partial charge is 0.507 e. The van der Waals surface area contributed by atoms with E-state index in [1.165, 1.54) is 12.1 Å². The Hall–Kier alpha value is -3.17. The molecule has 9 heteroatoms. The van der Waals surface area contributed by atoms with Crippen LogP contribution in [-0.4, -0.2) is 46.5 Å². The van der Waals surface area contributed by atoms with E-state index >= 15 is 0 Å². The van der Waals surface area contributed by atoms with Crippen LogP contribution >= 0.6 is 0 Å². The fourth-order valence-corrected chi connectivity index (χ4v) is 5.60. The monoisotopic (exact) mass is 454 g/mol. The Balaban J connectivity index is 1.48. The normalized spacial score (nSPS) is 17.2. The summed E-state index contributed by atoms with van der Waals surface area (Å²) in [4.78, 5) is 12.8. The first-order valence-electron chi connectivity index (χ1n) is 10.5. The zero-order chi connectivity index (χ0) is 22.9. The molecule has 1 unspecified atom stereocenters. The number of piperidine rings is 1. The van der Waals surface area contributed by atoms with Crippen LogP contribution in [0.3, 0.4) is 0 Å². The van der Waals surface area contributed by atoms with Crippen molar-refractivity contribution in [3.05, 3.63) is 59.8 Å². The van der Waals surface area contributed by atoms with Gasteiger partial charge in [0, 0.05) is 23.8 Å². The second kappa shape index (κ2) is 8.76. The molecule has 1 aromatic heterocycles. The standard InChI is InChI=1S/C23H26N4O4S/c1-15-6-11-22(28)19(13-15)20-14-21(26-25-20)23(29)24-17-7-9-18(10-8-17)32(30,31)27-12-4-3-5-16(27)2/h6-11,13-14,16,28H,3-5,12H2,1-2H3,(H,24,29)(H,25,26). The molecule has 32 heavy (non-hydrogen) atoms. The van der Waals surface area contributed by atoms with Gasteiger partial charge in [-0.05, 0) is 69.2 Å². The van der Waals surface area contributed by atoms with Crippen LogP contribution in [0.2, 0.25) is 0 Å². The lowest BCUT2D eigenvalue weighted by Crippen LogP contribution is -2.41. The zero-order valence-corrected chi connectivity index (χ0v) is 18.8. The number of phenolic OH excluding ortho intramolecular Hbond substituents is 1. The van der Waals surface area contributed by atoms with Gasteiger partial charge in [-0.3, -0.25) is 9.89 Å². The molecule has 8 nitrogen and oxygen atoms in total. The molecule has 0 saturated carbocycles. The molecule has 1 aliphatic rings. The highest BCUT2D eigenvalue weighted by atomic mass is 32.2. The summed E-state index contributed by atoms with van der Waals surface area (Å²) in [5, 5.41) is 19.6. The minimum atomic E-state index is -3.56. The lowest BCUT2D eigenvalue weighted by atomic mass is 10.1. The highest BCUT2D eigenvalue weighted by Gasteiger charge is 2.30. The van der Waals surface area contributed by atoms with Gasteiger partial charge in [-0.2, -0.15) is 9.40 Å². The van der Waals surface area contributed by atoms with Gasteiger partial charge in [0.2, 0.25) is 10.0 Å². The van der Waals surface area contributed by atoms with Crippen molar-refractivity contribution < 1.29 is 18.3 Å². The molecule has 0 spiro atoms. The number of carbonyl (C=O) groups is 1. The number of aromatic nitrogens is 2. The first-order valence-corrected chi connectivity index (χ1v) is 12.0. The molecular formula is C23H26N4O4S. The van der Waals surface area contributed by atoms with Gasteiger partial charge in [0.1, 0.15) is 11.4 Å². The summed E-state index contributed by atoms with van der Waals surface area (Å²) in [5.74, 6) is -0.343. The second-order valence-corrected chi connectivity index (χ2v) is 10.0. The topological polar surface area (TPSA) is 115 Å². The molecule has 0 aliphatic carbocycles. The average Bonchev–Trinajstić information content (AvgIpc) is 3.26. The molecule has 1 aliphatic heterocycles. The maximum absolute atomic E-state index is 12.9. The predicted molar refractivity (Wildman–Crippen MR) is 122 cm³/mol. The van der Waals surface area contributed by atoms with Gasteiger partial charge < -0.3 is 10.4 Å². The summed E-state index contributed by atoms with van der Waals surface area (Å²) < 4.78 is 27.4. The molecule has 3 N–H and O–H groups in total. The van der Waals surface area contributed by atoms with Crippen molar-refractivity contribution in [2.24, 2.45) is 0 Å². The predicted octanol–water partition coefficient (Wildman–Crippen LogP) is 3.91. The van der Waals surface area contributed by atoms with E-state index in [0.717, 1.165) is 24.8 Å². The fourth-order valence-electron chi connectivity index (χ4n) is 3.90. The molecule has 1 amide bonds. The summed E-state index contributed by atoms with van der Waals surface area (Å²) in [6.07, 6.45) is 2.76. The summed E-state index contributed by atoms with van der Waals surface area (Å²) in [6.45, 7) is 4.36. The number of carbonyl (C=O) groups excluding carboxylic acids is 1. The minimum absolute atomic E-state index is 0.0180. The second-order valence-electron chi connectivity index (χ2n) is 8.13. The lowest BCUT2D eigenvalue weighted by Gasteiger charge is -2.32. The van der Waals surface area contributed by atoms with Gasteiger partial charge in [0.05, 0.1) is 10.6 Å². The quantitative estimate of drug-likeness (QED) is 0.541. The SMILES string of the molecule is Cc1ccc(O)c(-c2cc(C(=O)Nc3ccc(S(=O)(=O)N4CCCCC4C)cc3)[nH]n2)c1. The Labute approximate surface area is 187 Å². The number of rotatable bonds is 5. The van der Waals surface area contributed by atoms with Gasteiger partial charge >= 0.3 is 0 Å². The van der Waals surface area contributed by atoms with Gasteiger partial charge in [0.25, 0.3) is 5.91 Å². The summed E-state index contributed by atoms with van der Waals surface area (Å²) in [6, 6.07) is 12.9.